The van der Waals surface area contributed by atoms with E-state index in [1.807, 2.05) is 29.2 Å². The molecule has 2 saturated heterocycles. The van der Waals surface area contributed by atoms with Crippen molar-refractivity contribution in [3.63, 3.8) is 0 Å². The standard InChI is InChI=1S/C20H24N2O3S/c23-17(12-14-11-13-5-1-2-6-15(13)19(14)24)16-7-10-22(26)18(16)20(25)21-8-3-4-9-21/h1-2,5-6,14,16,18,26H,3-4,7-12H2/t14?,16?,18-/m1/s1. The molecular weight excluding hydrogens is 348 g/mol. The maximum absolute atomic E-state index is 13.0. The molecule has 1 aliphatic carbocycles. The van der Waals surface area contributed by atoms with Gasteiger partial charge in [0.1, 0.15) is 11.8 Å². The number of benzene rings is 1. The number of carbonyl (C=O) groups is 3. The molecule has 3 atom stereocenters. The minimum Gasteiger partial charge on any atom is -0.341 e. The molecule has 26 heavy (non-hydrogen) atoms. The van der Waals surface area contributed by atoms with E-state index in [1.165, 1.54) is 0 Å². The third-order valence-electron chi connectivity index (χ3n) is 6.02. The van der Waals surface area contributed by atoms with Crippen LogP contribution >= 0.6 is 12.8 Å². The van der Waals surface area contributed by atoms with E-state index in [-0.39, 0.29) is 35.7 Å². The number of amides is 1. The van der Waals surface area contributed by atoms with Crippen LogP contribution < -0.4 is 0 Å². The van der Waals surface area contributed by atoms with E-state index >= 15 is 0 Å². The van der Waals surface area contributed by atoms with Gasteiger partial charge in [-0.2, -0.15) is 0 Å². The number of likely N-dealkylation sites (tertiary alicyclic amines) is 1. The highest BCUT2D eigenvalue weighted by Gasteiger charge is 2.45. The second-order valence-corrected chi connectivity index (χ2v) is 8.14. The summed E-state index contributed by atoms with van der Waals surface area (Å²) in [5, 5.41) is 0. The zero-order valence-electron chi connectivity index (χ0n) is 14.8. The van der Waals surface area contributed by atoms with Crippen LogP contribution in [0.1, 0.15) is 41.6 Å². The van der Waals surface area contributed by atoms with Crippen LogP contribution in [0, 0.1) is 11.8 Å². The van der Waals surface area contributed by atoms with Crippen LogP contribution in [0.3, 0.4) is 0 Å². The first-order chi connectivity index (χ1) is 12.6. The monoisotopic (exact) mass is 372 g/mol. The normalized spacial score (nSPS) is 28.6. The van der Waals surface area contributed by atoms with Crippen molar-refractivity contribution < 1.29 is 14.4 Å². The molecule has 0 radical (unpaired) electrons. The third kappa shape index (κ3) is 3.09. The average molecular weight is 372 g/mol. The van der Waals surface area contributed by atoms with Gasteiger partial charge in [-0.1, -0.05) is 37.1 Å². The molecule has 0 aromatic heterocycles. The molecule has 138 valence electrons. The molecule has 5 nitrogen and oxygen atoms in total. The Morgan fingerprint density at radius 1 is 1.12 bits per heavy atom. The topological polar surface area (TPSA) is 57.7 Å². The fourth-order valence-corrected chi connectivity index (χ4v) is 4.99. The second-order valence-electron chi connectivity index (χ2n) is 7.63. The minimum absolute atomic E-state index is 0.0226. The van der Waals surface area contributed by atoms with Gasteiger partial charge in [0.25, 0.3) is 0 Å². The molecule has 2 unspecified atom stereocenters. The van der Waals surface area contributed by atoms with Crippen LogP contribution in [-0.2, 0) is 16.0 Å². The number of ketones is 2. The van der Waals surface area contributed by atoms with Gasteiger partial charge in [0.05, 0.1) is 0 Å². The highest BCUT2D eigenvalue weighted by Crippen LogP contribution is 2.34. The smallest absolute Gasteiger partial charge is 0.241 e. The number of carbonyl (C=O) groups excluding carboxylic acids is 3. The Balaban J connectivity index is 1.46. The van der Waals surface area contributed by atoms with Crippen molar-refractivity contribution in [1.29, 1.82) is 0 Å². The number of thiol groups is 1. The molecule has 1 amide bonds. The Labute approximate surface area is 159 Å². The van der Waals surface area contributed by atoms with Crippen molar-refractivity contribution in [1.82, 2.24) is 9.21 Å². The summed E-state index contributed by atoms with van der Waals surface area (Å²) in [6.45, 7) is 2.17. The van der Waals surface area contributed by atoms with Gasteiger partial charge in [-0.25, -0.2) is 4.31 Å². The molecule has 0 N–H and O–H groups in total. The first-order valence-electron chi connectivity index (χ1n) is 9.45. The Morgan fingerprint density at radius 3 is 2.58 bits per heavy atom. The van der Waals surface area contributed by atoms with Crippen LogP contribution in [0.4, 0.5) is 0 Å². The molecule has 3 aliphatic rings. The molecule has 2 aliphatic heterocycles. The quantitative estimate of drug-likeness (QED) is 0.823. The van der Waals surface area contributed by atoms with Crippen molar-refractivity contribution in [2.24, 2.45) is 11.8 Å². The summed E-state index contributed by atoms with van der Waals surface area (Å²) >= 11 is 4.45. The summed E-state index contributed by atoms with van der Waals surface area (Å²) in [4.78, 5) is 40.3. The van der Waals surface area contributed by atoms with Crippen molar-refractivity contribution in [3.05, 3.63) is 35.4 Å². The van der Waals surface area contributed by atoms with E-state index in [2.05, 4.69) is 12.8 Å². The maximum Gasteiger partial charge on any atom is 0.241 e. The van der Waals surface area contributed by atoms with E-state index < -0.39 is 6.04 Å². The summed E-state index contributed by atoms with van der Waals surface area (Å²) in [7, 11) is 0. The molecule has 6 heteroatoms. The maximum atomic E-state index is 13.0. The first-order valence-corrected chi connectivity index (χ1v) is 9.85. The second kappa shape index (κ2) is 7.16. The predicted molar refractivity (Wildman–Crippen MR) is 101 cm³/mol. The number of Topliss-reactive ketones (excluding diaryl/α,β-unsaturated/α-hetero) is 2. The summed E-state index contributed by atoms with van der Waals surface area (Å²) in [6.07, 6.45) is 3.55. The lowest BCUT2D eigenvalue weighted by Gasteiger charge is -2.27. The van der Waals surface area contributed by atoms with Crippen LogP contribution in [0.15, 0.2) is 24.3 Å². The number of hydrogen-bond donors (Lipinski definition) is 1. The Hall–Kier alpha value is -1.66. The highest BCUT2D eigenvalue weighted by atomic mass is 32.1. The molecule has 2 heterocycles. The minimum atomic E-state index is -0.484. The summed E-state index contributed by atoms with van der Waals surface area (Å²) in [5.41, 5.74) is 1.78. The number of fused-ring (bicyclic) bond motifs is 1. The van der Waals surface area contributed by atoms with E-state index in [1.54, 1.807) is 4.31 Å². The van der Waals surface area contributed by atoms with Gasteiger partial charge in [0.15, 0.2) is 5.78 Å². The molecule has 4 rings (SSSR count). The lowest BCUT2D eigenvalue weighted by Crippen LogP contribution is -2.46. The first kappa shape index (κ1) is 17.7. The summed E-state index contributed by atoms with van der Waals surface area (Å²) in [6, 6.07) is 7.11. The van der Waals surface area contributed by atoms with Crippen molar-refractivity contribution >= 4 is 30.3 Å². The fourth-order valence-electron chi connectivity index (χ4n) is 4.61. The Kier molecular flexibility index (Phi) is 4.88. The molecule has 1 aromatic rings. The van der Waals surface area contributed by atoms with Gasteiger partial charge >= 0.3 is 0 Å². The lowest BCUT2D eigenvalue weighted by atomic mass is 9.87. The fraction of sp³-hybridized carbons (Fsp3) is 0.550. The van der Waals surface area contributed by atoms with Crippen LogP contribution in [0.2, 0.25) is 0 Å². The Morgan fingerprint density at radius 2 is 1.85 bits per heavy atom. The van der Waals surface area contributed by atoms with Gasteiger partial charge in [-0.15, -0.1) is 0 Å². The molecular formula is C20H24N2O3S. The number of nitrogens with zero attached hydrogens (tertiary/aromatic N) is 2. The predicted octanol–water partition coefficient (Wildman–Crippen LogP) is 2.16. The Bertz CT molecular complexity index is 744. The molecule has 2 fully saturated rings. The van der Waals surface area contributed by atoms with E-state index in [4.69, 9.17) is 0 Å². The third-order valence-corrected chi connectivity index (χ3v) is 6.47. The van der Waals surface area contributed by atoms with Crippen LogP contribution in [0.5, 0.6) is 0 Å². The number of hydrogen-bond acceptors (Lipinski definition) is 5. The molecule has 1 aromatic carbocycles. The van der Waals surface area contributed by atoms with Gasteiger partial charge in [-0.05, 0) is 31.2 Å². The van der Waals surface area contributed by atoms with Crippen molar-refractivity contribution in [2.45, 2.75) is 38.1 Å². The summed E-state index contributed by atoms with van der Waals surface area (Å²) in [5.74, 6) is -0.509. The molecule has 0 bridgehead atoms. The molecule has 0 saturated carbocycles. The highest BCUT2D eigenvalue weighted by molar-refractivity contribution is 7.77. The van der Waals surface area contributed by atoms with Crippen LogP contribution in [0.25, 0.3) is 0 Å². The zero-order valence-corrected chi connectivity index (χ0v) is 15.7. The van der Waals surface area contributed by atoms with Gasteiger partial charge in [0.2, 0.25) is 5.91 Å². The van der Waals surface area contributed by atoms with Gasteiger partial charge < -0.3 is 4.90 Å². The average Bonchev–Trinajstić information content (AvgIpc) is 3.35. The van der Waals surface area contributed by atoms with Crippen LogP contribution in [-0.4, -0.2) is 52.4 Å². The van der Waals surface area contributed by atoms with E-state index in [0.29, 0.717) is 19.4 Å². The van der Waals surface area contributed by atoms with Crippen molar-refractivity contribution in [2.75, 3.05) is 19.6 Å². The zero-order chi connectivity index (χ0) is 18.3. The number of rotatable bonds is 4. The van der Waals surface area contributed by atoms with Crippen molar-refractivity contribution in [3.8, 4) is 0 Å². The SMILES string of the molecule is O=C1c2ccccc2CC1CC(=O)C1CCN(S)[C@H]1C(=O)N1CCCC1. The van der Waals surface area contributed by atoms with E-state index in [9.17, 15) is 14.4 Å². The van der Waals surface area contributed by atoms with E-state index in [0.717, 1.165) is 37.1 Å². The van der Waals surface area contributed by atoms with Gasteiger partial charge in [0, 0.05) is 43.5 Å². The summed E-state index contributed by atoms with van der Waals surface area (Å²) < 4.78 is 1.72. The lowest BCUT2D eigenvalue weighted by molar-refractivity contribution is -0.138. The van der Waals surface area contributed by atoms with Gasteiger partial charge in [-0.3, -0.25) is 14.4 Å². The largest absolute Gasteiger partial charge is 0.341 e. The molecule has 0 spiro atoms.